The van der Waals surface area contributed by atoms with Crippen LogP contribution in [-0.2, 0) is 19.1 Å². The summed E-state index contributed by atoms with van der Waals surface area (Å²) in [4.78, 5) is 26.2. The normalized spacial score (nSPS) is 15.6. The van der Waals surface area contributed by atoms with Gasteiger partial charge in [0.05, 0.1) is 36.2 Å². The molecule has 0 spiro atoms. The van der Waals surface area contributed by atoms with Crippen molar-refractivity contribution in [2.45, 2.75) is 26.7 Å². The molecule has 2 N–H and O–H groups in total. The van der Waals surface area contributed by atoms with Gasteiger partial charge in [0.25, 0.3) is 0 Å². The largest absolute Gasteiger partial charge is 0.463 e. The third kappa shape index (κ3) is 6.36. The average molecular weight is 501 g/mol. The number of carbonyl (C=O) groups excluding carboxylic acids is 2. The SMILES string of the molecule is CCOC(=O)C1=C(C)NC(CSCNc2ccccc2)=C(C(=O)OCC)C1c1cccc(Cl)c1. The molecule has 34 heavy (non-hydrogen) atoms. The van der Waals surface area contributed by atoms with Gasteiger partial charge in [-0.25, -0.2) is 9.59 Å². The van der Waals surface area contributed by atoms with Crippen LogP contribution in [0.25, 0.3) is 0 Å². The van der Waals surface area contributed by atoms with Gasteiger partial charge in [-0.1, -0.05) is 41.9 Å². The van der Waals surface area contributed by atoms with E-state index in [1.54, 1.807) is 43.8 Å². The number of ether oxygens (including phenoxy) is 2. The number of allylic oxidation sites excluding steroid dienone is 1. The maximum Gasteiger partial charge on any atom is 0.336 e. The van der Waals surface area contributed by atoms with Gasteiger partial charge >= 0.3 is 11.9 Å². The Morgan fingerprint density at radius 2 is 1.68 bits per heavy atom. The highest BCUT2D eigenvalue weighted by molar-refractivity contribution is 7.99. The molecule has 1 unspecified atom stereocenters. The lowest BCUT2D eigenvalue weighted by Gasteiger charge is -2.31. The number of rotatable bonds is 10. The predicted molar refractivity (Wildman–Crippen MR) is 138 cm³/mol. The molecule has 0 amide bonds. The molecule has 1 aliphatic rings. The molecule has 2 aromatic carbocycles. The van der Waals surface area contributed by atoms with Crippen LogP contribution in [0.15, 0.2) is 77.1 Å². The van der Waals surface area contributed by atoms with Crippen molar-refractivity contribution in [3.8, 4) is 0 Å². The van der Waals surface area contributed by atoms with Crippen LogP contribution in [-0.4, -0.2) is 36.8 Å². The summed E-state index contributed by atoms with van der Waals surface area (Å²) in [6, 6.07) is 17.1. The van der Waals surface area contributed by atoms with Crippen LogP contribution in [0.4, 0.5) is 5.69 Å². The Hall–Kier alpha value is -2.90. The first kappa shape index (κ1) is 25.7. The van der Waals surface area contributed by atoms with E-state index in [0.29, 0.717) is 39.2 Å². The Balaban J connectivity index is 1.97. The molecule has 6 nitrogen and oxygen atoms in total. The Morgan fingerprint density at radius 3 is 2.32 bits per heavy atom. The zero-order valence-corrected chi connectivity index (χ0v) is 21.1. The second kappa shape index (κ2) is 12.5. The number of hydrogen-bond acceptors (Lipinski definition) is 7. The van der Waals surface area contributed by atoms with Gasteiger partial charge in [0.1, 0.15) is 0 Å². The zero-order valence-electron chi connectivity index (χ0n) is 19.5. The van der Waals surface area contributed by atoms with Gasteiger partial charge in [-0.2, -0.15) is 0 Å². The summed E-state index contributed by atoms with van der Waals surface area (Å²) >= 11 is 7.89. The monoisotopic (exact) mass is 500 g/mol. The van der Waals surface area contributed by atoms with Crippen LogP contribution in [0.3, 0.4) is 0 Å². The summed E-state index contributed by atoms with van der Waals surface area (Å²) in [5.41, 5.74) is 3.86. The minimum atomic E-state index is -0.657. The molecule has 2 aromatic rings. The predicted octanol–water partition coefficient (Wildman–Crippen LogP) is 5.48. The van der Waals surface area contributed by atoms with E-state index in [0.717, 1.165) is 11.3 Å². The van der Waals surface area contributed by atoms with Crippen LogP contribution in [0.5, 0.6) is 0 Å². The smallest absolute Gasteiger partial charge is 0.336 e. The first-order chi connectivity index (χ1) is 16.5. The maximum absolute atomic E-state index is 13.2. The van der Waals surface area contributed by atoms with E-state index < -0.39 is 17.9 Å². The lowest BCUT2D eigenvalue weighted by Crippen LogP contribution is -2.34. The summed E-state index contributed by atoms with van der Waals surface area (Å²) in [6.45, 7) is 5.78. The third-order valence-electron chi connectivity index (χ3n) is 5.22. The number of benzene rings is 2. The summed E-state index contributed by atoms with van der Waals surface area (Å²) in [5.74, 6) is -0.451. The second-order valence-corrected chi connectivity index (χ2v) is 8.94. The van der Waals surface area contributed by atoms with Gasteiger partial charge < -0.3 is 20.1 Å². The van der Waals surface area contributed by atoms with E-state index in [4.69, 9.17) is 21.1 Å². The van der Waals surface area contributed by atoms with E-state index in [1.165, 1.54) is 0 Å². The number of dihydropyridines is 1. The van der Waals surface area contributed by atoms with Crippen LogP contribution >= 0.6 is 23.4 Å². The van der Waals surface area contributed by atoms with Crippen LogP contribution in [0, 0.1) is 0 Å². The number of carbonyl (C=O) groups is 2. The van der Waals surface area contributed by atoms with Crippen molar-refractivity contribution < 1.29 is 19.1 Å². The van der Waals surface area contributed by atoms with Crippen LogP contribution in [0.2, 0.25) is 5.02 Å². The van der Waals surface area contributed by atoms with E-state index in [2.05, 4.69) is 10.6 Å². The van der Waals surface area contributed by atoms with Crippen molar-refractivity contribution >= 4 is 41.0 Å². The molecular formula is C26H29ClN2O4S. The molecule has 0 aliphatic carbocycles. The molecule has 0 saturated heterocycles. The first-order valence-electron chi connectivity index (χ1n) is 11.1. The van der Waals surface area contributed by atoms with Crippen LogP contribution in [0.1, 0.15) is 32.3 Å². The van der Waals surface area contributed by atoms with Crippen molar-refractivity contribution in [2.75, 3.05) is 30.2 Å². The minimum absolute atomic E-state index is 0.220. The third-order valence-corrected chi connectivity index (χ3v) is 6.29. The Kier molecular flexibility index (Phi) is 9.48. The number of para-hydroxylation sites is 1. The average Bonchev–Trinajstić information content (AvgIpc) is 2.82. The van der Waals surface area contributed by atoms with Crippen molar-refractivity contribution in [2.24, 2.45) is 0 Å². The minimum Gasteiger partial charge on any atom is -0.463 e. The highest BCUT2D eigenvalue weighted by Gasteiger charge is 2.38. The molecule has 180 valence electrons. The lowest BCUT2D eigenvalue weighted by atomic mass is 9.80. The van der Waals surface area contributed by atoms with Crippen LogP contribution < -0.4 is 10.6 Å². The summed E-state index contributed by atoms with van der Waals surface area (Å²) in [6.07, 6.45) is 0. The number of thioether (sulfide) groups is 1. The summed E-state index contributed by atoms with van der Waals surface area (Å²) < 4.78 is 10.8. The fraction of sp³-hybridized carbons (Fsp3) is 0.308. The molecule has 0 bridgehead atoms. The topological polar surface area (TPSA) is 76.7 Å². The molecule has 1 atom stereocenters. The molecule has 1 aliphatic heterocycles. The van der Waals surface area contributed by atoms with Gasteiger partial charge in [0.15, 0.2) is 0 Å². The quantitative estimate of drug-likeness (QED) is 0.254. The Bertz CT molecular complexity index is 1090. The number of halogens is 1. The summed E-state index contributed by atoms with van der Waals surface area (Å²) in [5, 5.41) is 7.15. The molecule has 0 aromatic heterocycles. The Morgan fingerprint density at radius 1 is 1.00 bits per heavy atom. The highest BCUT2D eigenvalue weighted by Crippen LogP contribution is 2.40. The molecule has 0 fully saturated rings. The van der Waals surface area contributed by atoms with Gasteiger partial charge in [-0.3, -0.25) is 0 Å². The van der Waals surface area contributed by atoms with E-state index in [9.17, 15) is 9.59 Å². The lowest BCUT2D eigenvalue weighted by molar-refractivity contribution is -0.139. The van der Waals surface area contributed by atoms with Crippen molar-refractivity contribution in [1.29, 1.82) is 0 Å². The Labute approximate surface area is 209 Å². The standard InChI is InChI=1S/C26H29ClN2O4S/c1-4-32-25(30)22-17(3)29-21(15-34-16-28-20-12-7-6-8-13-20)24(26(31)33-5-2)23(22)18-10-9-11-19(27)14-18/h6-14,23,28-29H,4-5,15-16H2,1-3H3. The van der Waals surface area contributed by atoms with Crippen molar-refractivity contribution in [1.82, 2.24) is 5.32 Å². The van der Waals surface area contributed by atoms with Gasteiger partial charge in [-0.05, 0) is 50.6 Å². The summed E-state index contributed by atoms with van der Waals surface area (Å²) in [7, 11) is 0. The maximum atomic E-state index is 13.2. The number of esters is 2. The van der Waals surface area contributed by atoms with E-state index in [-0.39, 0.29) is 13.2 Å². The van der Waals surface area contributed by atoms with E-state index in [1.807, 2.05) is 43.3 Å². The molecule has 8 heteroatoms. The van der Waals surface area contributed by atoms with E-state index >= 15 is 0 Å². The first-order valence-corrected chi connectivity index (χ1v) is 12.7. The number of hydrogen-bond donors (Lipinski definition) is 2. The fourth-order valence-electron chi connectivity index (χ4n) is 3.80. The number of anilines is 1. The van der Waals surface area contributed by atoms with Crippen molar-refractivity contribution in [3.05, 3.63) is 87.7 Å². The molecule has 0 radical (unpaired) electrons. The number of nitrogens with one attached hydrogen (secondary N) is 2. The second-order valence-electron chi connectivity index (χ2n) is 7.52. The van der Waals surface area contributed by atoms with Crippen molar-refractivity contribution in [3.63, 3.8) is 0 Å². The zero-order chi connectivity index (χ0) is 24.5. The van der Waals surface area contributed by atoms with Gasteiger partial charge in [0, 0.05) is 27.9 Å². The van der Waals surface area contributed by atoms with Gasteiger partial charge in [0.2, 0.25) is 0 Å². The highest BCUT2D eigenvalue weighted by atomic mass is 35.5. The molecule has 0 saturated carbocycles. The molecule has 3 rings (SSSR count). The molecular weight excluding hydrogens is 472 g/mol. The fourth-order valence-corrected chi connectivity index (χ4v) is 4.80. The van der Waals surface area contributed by atoms with Gasteiger partial charge in [-0.15, -0.1) is 11.8 Å². The molecule has 1 heterocycles.